The number of carbonyl (C=O) groups excluding carboxylic acids is 1. The Morgan fingerprint density at radius 1 is 1.18 bits per heavy atom. The van der Waals surface area contributed by atoms with E-state index >= 15 is 0 Å². The first-order chi connectivity index (χ1) is 7.72. The predicted octanol–water partition coefficient (Wildman–Crippen LogP) is 2.03. The largest absolute Gasteiger partial charge is 0.465 e. The van der Waals surface area contributed by atoms with Crippen LogP contribution in [0.5, 0.6) is 0 Å². The second kappa shape index (κ2) is 6.98. The molecule has 100 valence electrons. The Labute approximate surface area is 102 Å². The number of carbonyl (C=O) groups is 2. The summed E-state index contributed by atoms with van der Waals surface area (Å²) in [5, 5.41) is 8.46. The first-order valence-electron chi connectivity index (χ1n) is 5.68. The third-order valence-corrected chi connectivity index (χ3v) is 2.03. The highest BCUT2D eigenvalue weighted by Gasteiger charge is 2.13. The lowest BCUT2D eigenvalue weighted by Crippen LogP contribution is -2.34. The van der Waals surface area contributed by atoms with Crippen molar-refractivity contribution >= 4 is 12.2 Å². The van der Waals surface area contributed by atoms with Crippen molar-refractivity contribution in [1.29, 1.82) is 0 Å². The van der Waals surface area contributed by atoms with E-state index in [4.69, 9.17) is 10.8 Å². The number of hydrogen-bond donors (Lipinski definition) is 2. The van der Waals surface area contributed by atoms with Gasteiger partial charge in [-0.05, 0) is 40.0 Å². The molecule has 0 unspecified atom stereocenters. The average molecular weight is 246 g/mol. The summed E-state index contributed by atoms with van der Waals surface area (Å²) >= 11 is 0. The highest BCUT2D eigenvalue weighted by atomic mass is 16.6. The zero-order valence-electron chi connectivity index (χ0n) is 10.7. The molecule has 0 aliphatic carbocycles. The topological polar surface area (TPSA) is 92.9 Å². The van der Waals surface area contributed by atoms with Crippen LogP contribution in [0.15, 0.2) is 0 Å². The van der Waals surface area contributed by atoms with Crippen LogP contribution in [0, 0.1) is 0 Å². The summed E-state index contributed by atoms with van der Waals surface area (Å²) in [7, 11) is 0. The lowest BCUT2D eigenvalue weighted by Gasteiger charge is -2.22. The molecule has 0 saturated carbocycles. The third kappa shape index (κ3) is 9.47. The van der Waals surface area contributed by atoms with Crippen LogP contribution in [0.2, 0.25) is 0 Å². The summed E-state index contributed by atoms with van der Waals surface area (Å²) in [4.78, 5) is 21.8. The van der Waals surface area contributed by atoms with Crippen LogP contribution in [-0.4, -0.2) is 40.9 Å². The van der Waals surface area contributed by atoms with Crippen LogP contribution in [0.3, 0.4) is 0 Å². The molecule has 1 saturated heterocycles. The van der Waals surface area contributed by atoms with Gasteiger partial charge in [-0.2, -0.15) is 0 Å². The molecule has 0 bridgehead atoms. The van der Waals surface area contributed by atoms with E-state index in [9.17, 15) is 9.59 Å². The highest BCUT2D eigenvalue weighted by molar-refractivity contribution is 5.65. The van der Waals surface area contributed by atoms with Gasteiger partial charge in [0, 0.05) is 13.1 Å². The second-order valence-electron chi connectivity index (χ2n) is 4.86. The number of likely N-dealkylation sites (tertiary alicyclic amines) is 1. The molecule has 1 heterocycles. The summed E-state index contributed by atoms with van der Waals surface area (Å²) in [6, 6.07) is 0. The van der Waals surface area contributed by atoms with E-state index in [2.05, 4.69) is 4.74 Å². The van der Waals surface area contributed by atoms with Gasteiger partial charge in [0.1, 0.15) is 5.60 Å². The lowest BCUT2D eigenvalue weighted by molar-refractivity contribution is 0.0600. The van der Waals surface area contributed by atoms with Crippen LogP contribution in [-0.2, 0) is 4.74 Å². The Morgan fingerprint density at radius 2 is 1.65 bits per heavy atom. The summed E-state index contributed by atoms with van der Waals surface area (Å²) in [5.41, 5.74) is 4.26. The molecule has 2 amide bonds. The summed E-state index contributed by atoms with van der Waals surface area (Å²) in [6.45, 7) is 6.75. The van der Waals surface area contributed by atoms with Crippen LogP contribution in [0.4, 0.5) is 9.59 Å². The predicted molar refractivity (Wildman–Crippen MR) is 63.9 cm³/mol. The molecule has 0 aromatic heterocycles. The zero-order chi connectivity index (χ0) is 13.5. The van der Waals surface area contributed by atoms with Crippen LogP contribution >= 0.6 is 0 Å². The third-order valence-electron chi connectivity index (χ3n) is 2.03. The average Bonchev–Trinajstić information content (AvgIpc) is 2.16. The monoisotopic (exact) mass is 246 g/mol. The summed E-state index contributed by atoms with van der Waals surface area (Å²) in [5.74, 6) is 0. The molecule has 1 aliphatic heterocycles. The van der Waals surface area contributed by atoms with Gasteiger partial charge in [0.15, 0.2) is 0 Å². The number of amides is 2. The van der Waals surface area contributed by atoms with Crippen molar-refractivity contribution in [2.24, 2.45) is 5.73 Å². The van der Waals surface area contributed by atoms with Crippen molar-refractivity contribution < 1.29 is 19.4 Å². The fourth-order valence-corrected chi connectivity index (χ4v) is 1.39. The number of primary amides is 1. The number of piperidine rings is 1. The molecule has 1 aliphatic rings. The molecule has 3 N–H and O–H groups in total. The van der Waals surface area contributed by atoms with Gasteiger partial charge in [-0.25, -0.2) is 9.59 Å². The number of carboxylic acid groups (broad SMARTS) is 1. The fraction of sp³-hybridized carbons (Fsp3) is 0.818. The van der Waals surface area contributed by atoms with E-state index in [-0.39, 0.29) is 0 Å². The molecule has 6 nitrogen and oxygen atoms in total. The van der Waals surface area contributed by atoms with E-state index in [0.29, 0.717) is 0 Å². The Balaban J connectivity index is 0.000000304. The number of nitrogens with two attached hydrogens (primary N) is 1. The van der Waals surface area contributed by atoms with Gasteiger partial charge in [0.05, 0.1) is 0 Å². The Hall–Kier alpha value is -1.46. The maximum absolute atomic E-state index is 10.3. The molecule has 1 rings (SSSR count). The summed E-state index contributed by atoms with van der Waals surface area (Å²) < 4.78 is 4.58. The minimum Gasteiger partial charge on any atom is -0.465 e. The van der Waals surface area contributed by atoms with E-state index in [1.165, 1.54) is 11.3 Å². The molecular formula is C11H22N2O4. The van der Waals surface area contributed by atoms with E-state index < -0.39 is 17.8 Å². The Kier molecular flexibility index (Phi) is 6.38. The van der Waals surface area contributed by atoms with Gasteiger partial charge in [-0.3, -0.25) is 0 Å². The SMILES string of the molecule is CC(C)(C)OC(N)=O.O=C(O)N1CCCCC1. The van der Waals surface area contributed by atoms with Gasteiger partial charge in [-0.1, -0.05) is 0 Å². The first-order valence-corrected chi connectivity index (χ1v) is 5.68. The molecule has 1 fully saturated rings. The van der Waals surface area contributed by atoms with Crippen molar-refractivity contribution in [2.45, 2.75) is 45.6 Å². The van der Waals surface area contributed by atoms with Crippen LogP contribution in [0.1, 0.15) is 40.0 Å². The summed E-state index contributed by atoms with van der Waals surface area (Å²) in [6.07, 6.45) is 1.76. The molecule has 0 atom stereocenters. The first kappa shape index (κ1) is 15.5. The Morgan fingerprint density at radius 3 is 1.82 bits per heavy atom. The highest BCUT2D eigenvalue weighted by Crippen LogP contribution is 2.07. The molecular weight excluding hydrogens is 224 g/mol. The molecule has 17 heavy (non-hydrogen) atoms. The zero-order valence-corrected chi connectivity index (χ0v) is 10.7. The smallest absolute Gasteiger partial charge is 0.407 e. The van der Waals surface area contributed by atoms with Gasteiger partial charge in [-0.15, -0.1) is 0 Å². The van der Waals surface area contributed by atoms with Crippen LogP contribution in [0.25, 0.3) is 0 Å². The van der Waals surface area contributed by atoms with Crippen LogP contribution < -0.4 is 5.73 Å². The standard InChI is InChI=1S/C6H11NO2.C5H11NO2/c8-6(9)7-4-2-1-3-5-7;1-5(2,3)8-4(6)7/h1-5H2,(H,8,9);1-3H3,(H2,6,7). The fourth-order valence-electron chi connectivity index (χ4n) is 1.39. The number of hydrogen-bond acceptors (Lipinski definition) is 3. The Bertz CT molecular complexity index is 255. The molecule has 0 aromatic rings. The number of nitrogens with zero attached hydrogens (tertiary/aromatic N) is 1. The van der Waals surface area contributed by atoms with E-state index in [0.717, 1.165) is 25.9 Å². The maximum Gasteiger partial charge on any atom is 0.407 e. The molecule has 6 heteroatoms. The minimum absolute atomic E-state index is 0.453. The van der Waals surface area contributed by atoms with Crippen molar-refractivity contribution in [1.82, 2.24) is 4.90 Å². The van der Waals surface area contributed by atoms with Gasteiger partial charge >= 0.3 is 12.2 Å². The van der Waals surface area contributed by atoms with Gasteiger partial charge in [0.25, 0.3) is 0 Å². The molecule has 0 radical (unpaired) electrons. The maximum atomic E-state index is 10.3. The van der Waals surface area contributed by atoms with Crippen molar-refractivity contribution in [3.63, 3.8) is 0 Å². The van der Waals surface area contributed by atoms with Crippen molar-refractivity contribution in [3.05, 3.63) is 0 Å². The molecule has 0 aromatic carbocycles. The second-order valence-corrected chi connectivity index (χ2v) is 4.86. The molecule has 0 spiro atoms. The quantitative estimate of drug-likeness (QED) is 0.684. The number of ether oxygens (including phenoxy) is 1. The van der Waals surface area contributed by atoms with E-state index in [1.807, 2.05) is 0 Å². The van der Waals surface area contributed by atoms with Gasteiger partial charge in [0.2, 0.25) is 0 Å². The lowest BCUT2D eigenvalue weighted by atomic mass is 10.1. The van der Waals surface area contributed by atoms with E-state index in [1.54, 1.807) is 20.8 Å². The number of rotatable bonds is 0. The minimum atomic E-state index is -0.769. The normalized spacial score (nSPS) is 15.6. The van der Waals surface area contributed by atoms with Crippen molar-refractivity contribution in [2.75, 3.05) is 13.1 Å². The van der Waals surface area contributed by atoms with Gasteiger partial charge < -0.3 is 20.5 Å². The van der Waals surface area contributed by atoms with Crippen molar-refractivity contribution in [3.8, 4) is 0 Å².